The number of pyridine rings is 1. The number of halogens is 1. The maximum atomic E-state index is 6.03. The molecule has 0 aliphatic carbocycles. The van der Waals surface area contributed by atoms with Gasteiger partial charge in [0.2, 0.25) is 0 Å². The van der Waals surface area contributed by atoms with E-state index in [1.54, 1.807) is 0 Å². The molecule has 0 spiro atoms. The summed E-state index contributed by atoms with van der Waals surface area (Å²) in [6.45, 7) is 6.20. The molecule has 94 valence electrons. The number of rotatable bonds is 1. The van der Waals surface area contributed by atoms with Gasteiger partial charge in [0, 0.05) is 36.6 Å². The molecule has 0 atom stereocenters. The summed E-state index contributed by atoms with van der Waals surface area (Å²) in [5, 5.41) is 5.25. The fourth-order valence-corrected chi connectivity index (χ4v) is 2.60. The number of hydrogen-bond donors (Lipinski definition) is 1. The first kappa shape index (κ1) is 11.8. The largest absolute Gasteiger partial charge is 0.354 e. The van der Waals surface area contributed by atoms with Gasteiger partial charge in [-0.25, -0.2) is 4.98 Å². The molecule has 1 aliphatic rings. The van der Waals surface area contributed by atoms with Gasteiger partial charge in [-0.05, 0) is 30.7 Å². The van der Waals surface area contributed by atoms with E-state index < -0.39 is 0 Å². The number of hydrogen-bond acceptors (Lipinski definition) is 3. The highest BCUT2D eigenvalue weighted by Gasteiger charge is 2.14. The van der Waals surface area contributed by atoms with Crippen LogP contribution in [0, 0.1) is 6.92 Å². The minimum Gasteiger partial charge on any atom is -0.354 e. The zero-order chi connectivity index (χ0) is 12.5. The van der Waals surface area contributed by atoms with Gasteiger partial charge >= 0.3 is 0 Å². The Morgan fingerprint density at radius 2 is 2.00 bits per heavy atom. The Morgan fingerprint density at radius 1 is 1.22 bits per heavy atom. The number of aromatic nitrogens is 1. The van der Waals surface area contributed by atoms with Gasteiger partial charge < -0.3 is 10.2 Å². The van der Waals surface area contributed by atoms with E-state index in [-0.39, 0.29) is 0 Å². The Morgan fingerprint density at radius 3 is 2.78 bits per heavy atom. The van der Waals surface area contributed by atoms with Gasteiger partial charge in [-0.1, -0.05) is 17.7 Å². The SMILES string of the molecule is Cc1cc2ccc(Cl)cc2nc1N1CCNCC1. The highest BCUT2D eigenvalue weighted by molar-refractivity contribution is 6.31. The van der Waals surface area contributed by atoms with Crippen molar-refractivity contribution in [2.45, 2.75) is 6.92 Å². The van der Waals surface area contributed by atoms with Crippen LogP contribution >= 0.6 is 11.6 Å². The summed E-state index contributed by atoms with van der Waals surface area (Å²) in [6, 6.07) is 8.06. The number of nitrogens with one attached hydrogen (secondary N) is 1. The van der Waals surface area contributed by atoms with E-state index in [2.05, 4.69) is 23.2 Å². The second-order valence-electron chi connectivity index (χ2n) is 4.70. The predicted molar refractivity (Wildman–Crippen MR) is 76.6 cm³/mol. The first-order chi connectivity index (χ1) is 8.74. The van der Waals surface area contributed by atoms with Gasteiger partial charge in [-0.15, -0.1) is 0 Å². The van der Waals surface area contributed by atoms with Crippen molar-refractivity contribution in [2.24, 2.45) is 0 Å². The second-order valence-corrected chi connectivity index (χ2v) is 5.14. The molecule has 1 aliphatic heterocycles. The highest BCUT2D eigenvalue weighted by Crippen LogP contribution is 2.25. The Kier molecular flexibility index (Phi) is 3.10. The lowest BCUT2D eigenvalue weighted by Gasteiger charge is -2.29. The molecule has 0 amide bonds. The van der Waals surface area contributed by atoms with Crippen molar-refractivity contribution in [3.63, 3.8) is 0 Å². The summed E-state index contributed by atoms with van der Waals surface area (Å²) in [4.78, 5) is 7.11. The molecular formula is C14H16ClN3. The van der Waals surface area contributed by atoms with Gasteiger partial charge in [0.15, 0.2) is 0 Å². The average molecular weight is 262 g/mol. The molecule has 2 heterocycles. The molecule has 18 heavy (non-hydrogen) atoms. The fourth-order valence-electron chi connectivity index (χ4n) is 2.43. The lowest BCUT2D eigenvalue weighted by molar-refractivity contribution is 0.584. The second kappa shape index (κ2) is 4.75. The lowest BCUT2D eigenvalue weighted by atomic mass is 10.1. The summed E-state index contributed by atoms with van der Waals surface area (Å²) in [5.74, 6) is 1.09. The standard InChI is InChI=1S/C14H16ClN3/c1-10-8-11-2-3-12(15)9-13(11)17-14(10)18-6-4-16-5-7-18/h2-3,8-9,16H,4-7H2,1H3. The topological polar surface area (TPSA) is 28.2 Å². The van der Waals surface area contributed by atoms with E-state index >= 15 is 0 Å². The van der Waals surface area contributed by atoms with Gasteiger partial charge in [0.1, 0.15) is 5.82 Å². The molecule has 2 aromatic rings. The first-order valence-corrected chi connectivity index (χ1v) is 6.64. The quantitative estimate of drug-likeness (QED) is 0.855. The molecule has 3 nitrogen and oxygen atoms in total. The third-order valence-corrected chi connectivity index (χ3v) is 3.60. The number of nitrogens with zero attached hydrogens (tertiary/aromatic N) is 2. The van der Waals surface area contributed by atoms with E-state index in [0.29, 0.717) is 0 Å². The van der Waals surface area contributed by atoms with Crippen LogP contribution < -0.4 is 10.2 Å². The normalized spacial score (nSPS) is 16.2. The predicted octanol–water partition coefficient (Wildman–Crippen LogP) is 2.61. The average Bonchev–Trinajstić information content (AvgIpc) is 2.39. The van der Waals surface area contributed by atoms with Crippen molar-refractivity contribution in [1.29, 1.82) is 0 Å². The van der Waals surface area contributed by atoms with E-state index in [0.717, 1.165) is 47.9 Å². The van der Waals surface area contributed by atoms with Crippen molar-refractivity contribution in [2.75, 3.05) is 31.1 Å². The Hall–Kier alpha value is -1.32. The summed E-state index contributed by atoms with van der Waals surface area (Å²) >= 11 is 6.03. The number of piperazine rings is 1. The molecule has 1 N–H and O–H groups in total. The summed E-state index contributed by atoms with van der Waals surface area (Å²) in [6.07, 6.45) is 0. The van der Waals surface area contributed by atoms with Crippen LogP contribution in [0.4, 0.5) is 5.82 Å². The molecule has 1 aromatic carbocycles. The summed E-state index contributed by atoms with van der Waals surface area (Å²) in [7, 11) is 0. The lowest BCUT2D eigenvalue weighted by Crippen LogP contribution is -2.44. The molecular weight excluding hydrogens is 246 g/mol. The van der Waals surface area contributed by atoms with Crippen LogP contribution in [-0.4, -0.2) is 31.2 Å². The highest BCUT2D eigenvalue weighted by atomic mass is 35.5. The van der Waals surface area contributed by atoms with Crippen molar-refractivity contribution >= 4 is 28.3 Å². The monoisotopic (exact) mass is 261 g/mol. The van der Waals surface area contributed by atoms with Crippen molar-refractivity contribution < 1.29 is 0 Å². The van der Waals surface area contributed by atoms with Gasteiger partial charge in [-0.3, -0.25) is 0 Å². The molecule has 1 saturated heterocycles. The Bertz CT molecular complexity index is 577. The number of fused-ring (bicyclic) bond motifs is 1. The maximum absolute atomic E-state index is 6.03. The summed E-state index contributed by atoms with van der Waals surface area (Å²) < 4.78 is 0. The van der Waals surface area contributed by atoms with Gasteiger partial charge in [0.25, 0.3) is 0 Å². The smallest absolute Gasteiger partial charge is 0.132 e. The number of benzene rings is 1. The number of aryl methyl sites for hydroxylation is 1. The van der Waals surface area contributed by atoms with Crippen LogP contribution in [0.25, 0.3) is 10.9 Å². The van der Waals surface area contributed by atoms with Crippen molar-refractivity contribution in [3.8, 4) is 0 Å². The molecule has 1 fully saturated rings. The number of anilines is 1. The van der Waals surface area contributed by atoms with Crippen LogP contribution in [0.2, 0.25) is 5.02 Å². The first-order valence-electron chi connectivity index (χ1n) is 6.26. The molecule has 4 heteroatoms. The van der Waals surface area contributed by atoms with E-state index in [9.17, 15) is 0 Å². The van der Waals surface area contributed by atoms with E-state index in [1.807, 2.05) is 18.2 Å². The minimum atomic E-state index is 0.741. The molecule has 3 rings (SSSR count). The molecule has 0 bridgehead atoms. The Balaban J connectivity index is 2.07. The van der Waals surface area contributed by atoms with Crippen LogP contribution in [-0.2, 0) is 0 Å². The fraction of sp³-hybridized carbons (Fsp3) is 0.357. The van der Waals surface area contributed by atoms with Gasteiger partial charge in [0.05, 0.1) is 5.52 Å². The minimum absolute atomic E-state index is 0.741. The van der Waals surface area contributed by atoms with Crippen LogP contribution in [0.15, 0.2) is 24.3 Å². The molecule has 0 saturated carbocycles. The zero-order valence-electron chi connectivity index (χ0n) is 10.4. The van der Waals surface area contributed by atoms with Crippen LogP contribution in [0.3, 0.4) is 0 Å². The molecule has 0 radical (unpaired) electrons. The zero-order valence-corrected chi connectivity index (χ0v) is 11.2. The third-order valence-electron chi connectivity index (χ3n) is 3.36. The molecule has 0 unspecified atom stereocenters. The third kappa shape index (κ3) is 2.16. The van der Waals surface area contributed by atoms with Crippen LogP contribution in [0.5, 0.6) is 0 Å². The van der Waals surface area contributed by atoms with Crippen molar-refractivity contribution in [3.05, 3.63) is 34.9 Å². The van der Waals surface area contributed by atoms with E-state index in [4.69, 9.17) is 16.6 Å². The van der Waals surface area contributed by atoms with Crippen molar-refractivity contribution in [1.82, 2.24) is 10.3 Å². The maximum Gasteiger partial charge on any atom is 0.132 e. The molecule has 1 aromatic heterocycles. The summed E-state index contributed by atoms with van der Waals surface area (Å²) in [5.41, 5.74) is 2.20. The van der Waals surface area contributed by atoms with E-state index in [1.165, 1.54) is 5.56 Å². The van der Waals surface area contributed by atoms with Gasteiger partial charge in [-0.2, -0.15) is 0 Å². The Labute approximate surface area is 112 Å². The van der Waals surface area contributed by atoms with Crippen LogP contribution in [0.1, 0.15) is 5.56 Å².